The highest BCUT2D eigenvalue weighted by Gasteiger charge is 2.56. The van der Waals surface area contributed by atoms with Crippen molar-refractivity contribution in [3.8, 4) is 0 Å². The van der Waals surface area contributed by atoms with Crippen molar-refractivity contribution in [2.75, 3.05) is 5.32 Å². The molecule has 2 aromatic carbocycles. The lowest BCUT2D eigenvalue weighted by atomic mass is 9.76. The van der Waals surface area contributed by atoms with Gasteiger partial charge < -0.3 is 10.4 Å². The maximum atomic E-state index is 13.7. The van der Waals surface area contributed by atoms with Crippen LogP contribution in [0.25, 0.3) is 0 Å². The second kappa shape index (κ2) is 8.70. The molecule has 2 saturated carbocycles. The van der Waals surface area contributed by atoms with E-state index in [-0.39, 0.29) is 51.8 Å². The molecule has 2 unspecified atom stereocenters. The first-order valence-corrected chi connectivity index (χ1v) is 12.6. The second-order valence-electron chi connectivity index (χ2n) is 9.22. The SMILES string of the molecule is C=C[C@]1(O)CC2C(S(=O)(=O)c3cc(C(=O)Nc4cc(F)c(F)c(F)c4)ccc3Cl)[C@@H](C[C@@H]2C)C1. The molecule has 2 N–H and O–H groups in total. The number of benzene rings is 2. The van der Waals surface area contributed by atoms with E-state index in [1.165, 1.54) is 18.2 Å². The van der Waals surface area contributed by atoms with E-state index >= 15 is 0 Å². The molecule has 0 spiro atoms. The van der Waals surface area contributed by atoms with Crippen molar-refractivity contribution >= 4 is 33.0 Å². The molecule has 0 saturated heterocycles. The first-order valence-electron chi connectivity index (χ1n) is 10.7. The van der Waals surface area contributed by atoms with E-state index in [4.69, 9.17) is 11.6 Å². The number of fused-ring (bicyclic) bond motifs is 2. The molecule has 10 heteroatoms. The third kappa shape index (κ3) is 4.25. The Morgan fingerprint density at radius 3 is 2.44 bits per heavy atom. The fourth-order valence-corrected chi connectivity index (χ4v) is 8.32. The van der Waals surface area contributed by atoms with Gasteiger partial charge in [-0.15, -0.1) is 6.58 Å². The molecule has 0 heterocycles. The third-order valence-electron chi connectivity index (χ3n) is 6.98. The minimum atomic E-state index is -3.99. The largest absolute Gasteiger partial charge is 0.386 e. The van der Waals surface area contributed by atoms with E-state index in [1.54, 1.807) is 0 Å². The number of anilines is 1. The Morgan fingerprint density at radius 2 is 1.85 bits per heavy atom. The molecule has 2 aromatic rings. The van der Waals surface area contributed by atoms with Crippen LogP contribution in [0.15, 0.2) is 47.9 Å². The Bertz CT molecular complexity index is 1260. The zero-order chi connectivity index (χ0) is 25.0. The third-order valence-corrected chi connectivity index (χ3v) is 9.82. The molecule has 4 rings (SSSR count). The topological polar surface area (TPSA) is 83.5 Å². The molecule has 34 heavy (non-hydrogen) atoms. The average Bonchev–Trinajstić information content (AvgIpc) is 2.99. The van der Waals surface area contributed by atoms with Gasteiger partial charge in [0.1, 0.15) is 0 Å². The maximum Gasteiger partial charge on any atom is 0.255 e. The smallest absolute Gasteiger partial charge is 0.255 e. The van der Waals surface area contributed by atoms with Gasteiger partial charge in [0.2, 0.25) is 0 Å². The summed E-state index contributed by atoms with van der Waals surface area (Å²) in [5, 5.41) is 12.1. The van der Waals surface area contributed by atoms with Crippen LogP contribution < -0.4 is 5.32 Å². The lowest BCUT2D eigenvalue weighted by Gasteiger charge is -2.39. The number of hydrogen-bond acceptors (Lipinski definition) is 4. The van der Waals surface area contributed by atoms with Gasteiger partial charge in [0.25, 0.3) is 5.91 Å². The van der Waals surface area contributed by atoms with Crippen LogP contribution in [0.4, 0.5) is 18.9 Å². The minimum absolute atomic E-state index is 0.0623. The van der Waals surface area contributed by atoms with Gasteiger partial charge in [-0.1, -0.05) is 24.6 Å². The molecule has 1 amide bonds. The summed E-state index contributed by atoms with van der Waals surface area (Å²) in [6.07, 6.45) is 2.62. The van der Waals surface area contributed by atoms with Crippen molar-refractivity contribution in [3.63, 3.8) is 0 Å². The Balaban J connectivity index is 1.66. The lowest BCUT2D eigenvalue weighted by Crippen LogP contribution is -2.45. The van der Waals surface area contributed by atoms with Crippen molar-refractivity contribution < 1.29 is 31.5 Å². The normalized spacial score (nSPS) is 28.5. The van der Waals surface area contributed by atoms with Crippen LogP contribution >= 0.6 is 11.6 Å². The fraction of sp³-hybridized carbons (Fsp3) is 0.375. The standard InChI is InChI=1S/C24H23ClF3NO4S/c1-3-24(31)10-14-6-12(2)16(11-24)22(14)34(32,33)20-7-13(4-5-17(20)25)23(30)29-15-8-18(26)21(28)19(27)9-15/h3-5,7-9,12,14,16,22,31H,1,6,10-11H2,2H3,(H,29,30)/t12-,14-,16?,22?,24+/m0/s1. The molecule has 182 valence electrons. The maximum absolute atomic E-state index is 13.7. The number of aliphatic hydroxyl groups is 1. The number of carbonyl (C=O) groups is 1. The summed E-state index contributed by atoms with van der Waals surface area (Å²) < 4.78 is 67.5. The molecular formula is C24H23ClF3NO4S. The molecule has 5 atom stereocenters. The van der Waals surface area contributed by atoms with Gasteiger partial charge in [0.15, 0.2) is 27.3 Å². The predicted molar refractivity (Wildman–Crippen MR) is 122 cm³/mol. The van der Waals surface area contributed by atoms with Crippen molar-refractivity contribution in [1.29, 1.82) is 0 Å². The molecule has 0 aliphatic heterocycles. The van der Waals surface area contributed by atoms with E-state index in [0.29, 0.717) is 18.6 Å². The molecular weight excluding hydrogens is 491 g/mol. The van der Waals surface area contributed by atoms with E-state index < -0.39 is 44.0 Å². The van der Waals surface area contributed by atoms with Gasteiger partial charge in [0, 0.05) is 23.4 Å². The first kappa shape index (κ1) is 24.8. The van der Waals surface area contributed by atoms with Gasteiger partial charge in [-0.2, -0.15) is 0 Å². The molecule has 2 bridgehead atoms. The molecule has 0 aromatic heterocycles. The predicted octanol–water partition coefficient (Wildman–Crippen LogP) is 5.14. The van der Waals surface area contributed by atoms with Crippen molar-refractivity contribution in [3.05, 3.63) is 71.0 Å². The summed E-state index contributed by atoms with van der Waals surface area (Å²) in [6, 6.07) is 4.91. The summed E-state index contributed by atoms with van der Waals surface area (Å²) in [5.41, 5.74) is -1.56. The van der Waals surface area contributed by atoms with Gasteiger partial charge in [0.05, 0.1) is 20.8 Å². The number of nitrogens with one attached hydrogen (secondary N) is 1. The van der Waals surface area contributed by atoms with Crippen LogP contribution in [0.5, 0.6) is 0 Å². The van der Waals surface area contributed by atoms with E-state index in [0.717, 1.165) is 6.07 Å². The number of halogens is 4. The van der Waals surface area contributed by atoms with E-state index in [9.17, 15) is 31.5 Å². The van der Waals surface area contributed by atoms with Crippen LogP contribution in [0, 0.1) is 35.2 Å². The summed E-state index contributed by atoms with van der Waals surface area (Å²) in [4.78, 5) is 12.4. The Hall–Kier alpha value is -2.36. The van der Waals surface area contributed by atoms with Crippen LogP contribution in [-0.4, -0.2) is 30.3 Å². The molecule has 2 aliphatic rings. The van der Waals surface area contributed by atoms with Crippen molar-refractivity contribution in [2.45, 2.75) is 41.9 Å². The molecule has 2 aliphatic carbocycles. The highest BCUT2D eigenvalue weighted by Crippen LogP contribution is 2.54. The Labute approximate surface area is 200 Å². The van der Waals surface area contributed by atoms with Crippen molar-refractivity contribution in [1.82, 2.24) is 0 Å². The van der Waals surface area contributed by atoms with Gasteiger partial charge in [-0.05, 0) is 55.2 Å². The fourth-order valence-electron chi connectivity index (χ4n) is 5.41. The highest BCUT2D eigenvalue weighted by molar-refractivity contribution is 7.92. The van der Waals surface area contributed by atoms with E-state index in [2.05, 4.69) is 11.9 Å². The second-order valence-corrected chi connectivity index (χ2v) is 11.7. The monoisotopic (exact) mass is 513 g/mol. The van der Waals surface area contributed by atoms with Crippen LogP contribution in [0.3, 0.4) is 0 Å². The lowest BCUT2D eigenvalue weighted by molar-refractivity contribution is 0.0225. The number of amides is 1. The van der Waals surface area contributed by atoms with Crippen LogP contribution in [0.1, 0.15) is 36.5 Å². The van der Waals surface area contributed by atoms with Gasteiger partial charge >= 0.3 is 0 Å². The number of carbonyl (C=O) groups excluding carboxylic acids is 1. The van der Waals surface area contributed by atoms with E-state index in [1.807, 2.05) is 6.92 Å². The van der Waals surface area contributed by atoms with Crippen molar-refractivity contribution in [2.24, 2.45) is 17.8 Å². The molecule has 5 nitrogen and oxygen atoms in total. The van der Waals surface area contributed by atoms with Gasteiger partial charge in [-0.3, -0.25) is 4.79 Å². The number of hydrogen-bond donors (Lipinski definition) is 2. The molecule has 2 fully saturated rings. The Kier molecular flexibility index (Phi) is 6.33. The zero-order valence-electron chi connectivity index (χ0n) is 18.2. The average molecular weight is 514 g/mol. The summed E-state index contributed by atoms with van der Waals surface area (Å²) >= 11 is 6.24. The quantitative estimate of drug-likeness (QED) is 0.428. The number of rotatable bonds is 5. The summed E-state index contributed by atoms with van der Waals surface area (Å²) in [6.45, 7) is 5.64. The summed E-state index contributed by atoms with van der Waals surface area (Å²) in [7, 11) is -3.99. The van der Waals surface area contributed by atoms with Crippen LogP contribution in [-0.2, 0) is 9.84 Å². The Morgan fingerprint density at radius 1 is 1.21 bits per heavy atom. The zero-order valence-corrected chi connectivity index (χ0v) is 19.8. The first-order chi connectivity index (χ1) is 15.9. The minimum Gasteiger partial charge on any atom is -0.386 e. The summed E-state index contributed by atoms with van der Waals surface area (Å²) in [5.74, 6) is -6.03. The van der Waals surface area contributed by atoms with Crippen LogP contribution in [0.2, 0.25) is 5.02 Å². The molecule has 0 radical (unpaired) electrons. The number of sulfone groups is 1. The highest BCUT2D eigenvalue weighted by atomic mass is 35.5. The van der Waals surface area contributed by atoms with Gasteiger partial charge in [-0.25, -0.2) is 21.6 Å².